The number of aryl methyl sites for hydroxylation is 2. The largest absolute Gasteiger partial charge is 0.508 e. The Morgan fingerprint density at radius 2 is 0.459 bits per heavy atom. The summed E-state index contributed by atoms with van der Waals surface area (Å²) >= 11 is 0. The van der Waals surface area contributed by atoms with Crippen molar-refractivity contribution in [3.05, 3.63) is 187 Å². The van der Waals surface area contributed by atoms with Gasteiger partial charge in [-0.1, -0.05) is 226 Å². The Kier molecular flexibility index (Phi) is 30.8. The molecule has 5 N–H and O–H groups in total. The van der Waals surface area contributed by atoms with Gasteiger partial charge in [0.25, 0.3) is 0 Å². The van der Waals surface area contributed by atoms with Crippen LogP contribution < -0.4 is 0 Å². The van der Waals surface area contributed by atoms with E-state index in [9.17, 15) is 15.3 Å². The Balaban J connectivity index is 0.000000696. The number of rotatable bonds is 0. The fourth-order valence-electron chi connectivity index (χ4n) is 4.71. The minimum atomic E-state index is 0.329. The SMILES string of the molecule is CCC.CCC.CCC.CCC.Cc1ccc(O)cc1.Cc1ccc(O)cc1.Oc1cccc2ccccc12.Oc1cccc2ccccc12.Oc1cccc2ccccc12. The van der Waals surface area contributed by atoms with Crippen LogP contribution in [0.3, 0.4) is 0 Å². The van der Waals surface area contributed by atoms with Crippen LogP contribution in [0, 0.1) is 13.8 Å². The zero-order valence-corrected chi connectivity index (χ0v) is 38.3. The molecule has 5 nitrogen and oxygen atoms in total. The fourth-order valence-corrected chi connectivity index (χ4v) is 4.71. The van der Waals surface area contributed by atoms with Gasteiger partial charge in [0.15, 0.2) is 0 Å². The van der Waals surface area contributed by atoms with Crippen molar-refractivity contribution in [2.75, 3.05) is 0 Å². The number of benzene rings is 8. The molecule has 0 saturated carbocycles. The van der Waals surface area contributed by atoms with Gasteiger partial charge in [0.05, 0.1) is 0 Å². The summed E-state index contributed by atoms with van der Waals surface area (Å²) in [6, 6.07) is 54.1. The van der Waals surface area contributed by atoms with E-state index in [1.165, 1.54) is 36.8 Å². The maximum Gasteiger partial charge on any atom is 0.123 e. The first-order chi connectivity index (χ1) is 29.4. The van der Waals surface area contributed by atoms with Gasteiger partial charge in [0.2, 0.25) is 0 Å². The van der Waals surface area contributed by atoms with E-state index < -0.39 is 0 Å². The van der Waals surface area contributed by atoms with Crippen LogP contribution in [-0.2, 0) is 0 Å². The zero-order chi connectivity index (χ0) is 45.8. The molecule has 0 unspecified atom stereocenters. The van der Waals surface area contributed by atoms with Gasteiger partial charge in [-0.2, -0.15) is 0 Å². The fraction of sp³-hybridized carbons (Fsp3) is 0.250. The minimum Gasteiger partial charge on any atom is -0.508 e. The second kappa shape index (κ2) is 34.4. The summed E-state index contributed by atoms with van der Waals surface area (Å²) in [5.74, 6) is 1.71. The van der Waals surface area contributed by atoms with E-state index in [0.29, 0.717) is 28.7 Å². The van der Waals surface area contributed by atoms with E-state index in [1.807, 2.05) is 147 Å². The van der Waals surface area contributed by atoms with E-state index in [2.05, 4.69) is 55.4 Å². The molecule has 0 aliphatic heterocycles. The second-order valence-electron chi connectivity index (χ2n) is 14.0. The van der Waals surface area contributed by atoms with E-state index in [1.54, 1.807) is 42.5 Å². The van der Waals surface area contributed by atoms with Crippen molar-refractivity contribution in [1.82, 2.24) is 0 Å². The zero-order valence-electron chi connectivity index (χ0n) is 38.3. The van der Waals surface area contributed by atoms with Gasteiger partial charge in [-0.25, -0.2) is 0 Å². The first kappa shape index (κ1) is 54.5. The number of aromatic hydroxyl groups is 5. The summed E-state index contributed by atoms with van der Waals surface area (Å²) in [7, 11) is 0. The average molecular weight is 825 g/mol. The molecule has 5 heteroatoms. The van der Waals surface area contributed by atoms with E-state index in [0.717, 1.165) is 32.3 Å². The highest BCUT2D eigenvalue weighted by molar-refractivity contribution is 5.89. The molecule has 8 rings (SSSR count). The molecule has 61 heavy (non-hydrogen) atoms. The van der Waals surface area contributed by atoms with Crippen molar-refractivity contribution in [1.29, 1.82) is 0 Å². The number of fused-ring (bicyclic) bond motifs is 3. The molecule has 0 aliphatic carbocycles. The molecule has 0 atom stereocenters. The Hall–Kier alpha value is -6.46. The van der Waals surface area contributed by atoms with Crippen LogP contribution in [0.5, 0.6) is 28.7 Å². The van der Waals surface area contributed by atoms with Crippen LogP contribution in [-0.4, -0.2) is 25.5 Å². The highest BCUT2D eigenvalue weighted by Gasteiger charge is 1.96. The molecule has 0 aliphatic rings. The smallest absolute Gasteiger partial charge is 0.123 e. The summed E-state index contributed by atoms with van der Waals surface area (Å²) in [4.78, 5) is 0. The quantitative estimate of drug-likeness (QED) is 0.105. The lowest BCUT2D eigenvalue weighted by Gasteiger charge is -1.97. The van der Waals surface area contributed by atoms with Crippen molar-refractivity contribution >= 4 is 32.3 Å². The van der Waals surface area contributed by atoms with Gasteiger partial charge >= 0.3 is 0 Å². The number of phenolic OH excluding ortho intramolecular Hbond substituents is 5. The molecule has 0 fully saturated rings. The summed E-state index contributed by atoms with van der Waals surface area (Å²) in [5, 5.41) is 51.6. The Morgan fingerprint density at radius 1 is 0.262 bits per heavy atom. The van der Waals surface area contributed by atoms with Crippen LogP contribution in [0.2, 0.25) is 0 Å². The summed E-state index contributed by atoms with van der Waals surface area (Å²) in [6.07, 6.45) is 5.00. The molecular formula is C56H72O5. The van der Waals surface area contributed by atoms with Crippen molar-refractivity contribution in [3.8, 4) is 28.7 Å². The molecule has 0 spiro atoms. The predicted octanol–water partition coefficient (Wildman–Crippen LogP) is 16.7. The van der Waals surface area contributed by atoms with Gasteiger partial charge in [-0.05, 0) is 72.5 Å². The number of phenols is 5. The lowest BCUT2D eigenvalue weighted by molar-refractivity contribution is 0.474. The number of hydrogen-bond acceptors (Lipinski definition) is 5. The second-order valence-corrected chi connectivity index (χ2v) is 14.0. The highest BCUT2D eigenvalue weighted by atomic mass is 16.3. The van der Waals surface area contributed by atoms with Gasteiger partial charge in [-0.15, -0.1) is 0 Å². The van der Waals surface area contributed by atoms with E-state index >= 15 is 0 Å². The molecule has 0 saturated heterocycles. The normalized spacial score (nSPS) is 9.08. The van der Waals surface area contributed by atoms with Crippen LogP contribution >= 0.6 is 0 Å². The topological polar surface area (TPSA) is 101 Å². The van der Waals surface area contributed by atoms with Gasteiger partial charge < -0.3 is 25.5 Å². The average Bonchev–Trinajstić information content (AvgIpc) is 3.26. The van der Waals surface area contributed by atoms with E-state index in [-0.39, 0.29) is 0 Å². The van der Waals surface area contributed by atoms with Crippen LogP contribution in [0.1, 0.15) is 92.2 Å². The lowest BCUT2D eigenvalue weighted by Crippen LogP contribution is -1.70. The van der Waals surface area contributed by atoms with E-state index in [4.69, 9.17) is 10.2 Å². The third kappa shape index (κ3) is 24.3. The minimum absolute atomic E-state index is 0.329. The van der Waals surface area contributed by atoms with Crippen LogP contribution in [0.25, 0.3) is 32.3 Å². The molecule has 0 radical (unpaired) electrons. The highest BCUT2D eigenvalue weighted by Crippen LogP contribution is 2.25. The molecule has 0 heterocycles. The van der Waals surface area contributed by atoms with Gasteiger partial charge in [-0.3, -0.25) is 0 Å². The molecular weight excluding hydrogens is 753 g/mol. The first-order valence-electron chi connectivity index (χ1n) is 21.4. The summed E-state index contributed by atoms with van der Waals surface area (Å²) < 4.78 is 0. The third-order valence-corrected chi connectivity index (χ3v) is 7.37. The van der Waals surface area contributed by atoms with Crippen molar-refractivity contribution < 1.29 is 25.5 Å². The van der Waals surface area contributed by atoms with Crippen molar-refractivity contribution in [3.63, 3.8) is 0 Å². The summed E-state index contributed by atoms with van der Waals surface area (Å²) in [6.45, 7) is 21.0. The standard InChI is InChI=1S/3C10H8O.2C7H8O.4C3H8/c3*11-10-7-3-5-8-4-1-2-6-9(8)10;2*1-6-2-4-7(8)5-3-6;4*1-3-2/h3*1-7,11H;2*2-5,8H,1H3;4*3H2,1-2H3. The summed E-state index contributed by atoms with van der Waals surface area (Å²) in [5.41, 5.74) is 2.34. The molecule has 0 bridgehead atoms. The van der Waals surface area contributed by atoms with Crippen molar-refractivity contribution in [2.45, 2.75) is 94.9 Å². The maximum atomic E-state index is 9.37. The van der Waals surface area contributed by atoms with Crippen molar-refractivity contribution in [2.24, 2.45) is 0 Å². The monoisotopic (exact) mass is 825 g/mol. The number of hydrogen-bond donors (Lipinski definition) is 5. The van der Waals surface area contributed by atoms with Crippen LogP contribution in [0.4, 0.5) is 0 Å². The van der Waals surface area contributed by atoms with Gasteiger partial charge in [0.1, 0.15) is 28.7 Å². The molecule has 8 aromatic rings. The molecule has 8 aromatic carbocycles. The first-order valence-corrected chi connectivity index (χ1v) is 21.4. The Labute approximate surface area is 367 Å². The molecule has 0 amide bonds. The molecule has 326 valence electrons. The predicted molar refractivity (Wildman–Crippen MR) is 266 cm³/mol. The Bertz CT molecular complexity index is 1970. The lowest BCUT2D eigenvalue weighted by atomic mass is 10.1. The Morgan fingerprint density at radius 3 is 0.656 bits per heavy atom. The van der Waals surface area contributed by atoms with Crippen LogP contribution in [0.15, 0.2) is 176 Å². The maximum absolute atomic E-state index is 9.37. The molecule has 0 aromatic heterocycles. The third-order valence-electron chi connectivity index (χ3n) is 7.37. The van der Waals surface area contributed by atoms with Gasteiger partial charge in [0, 0.05) is 16.2 Å².